The fourth-order valence-electron chi connectivity index (χ4n) is 3.01. The fraction of sp³-hybridized carbons (Fsp3) is 0.211. The largest absolute Gasteiger partial charge is 0.495 e. The van der Waals surface area contributed by atoms with Gasteiger partial charge < -0.3 is 9.30 Å². The number of hydrogen-bond acceptors (Lipinski definition) is 4. The summed E-state index contributed by atoms with van der Waals surface area (Å²) in [4.78, 5) is 8.90. The Hall–Kier alpha value is -2.86. The number of ether oxygens (including phenoxy) is 1. The molecule has 4 aromatic rings. The standard InChI is InChI=1S/C19H18ClN5O/c1-12-6-15(20)10-25-19(12)22-18(23-25)8-14-4-5-16(17(7-14)26-3)24-9-13(2)21-11-24/h4-7,9-11H,8H2,1-3H3. The summed E-state index contributed by atoms with van der Waals surface area (Å²) in [5, 5.41) is 5.18. The number of fused-ring (bicyclic) bond motifs is 1. The molecule has 6 nitrogen and oxygen atoms in total. The third kappa shape index (κ3) is 3.04. The highest BCUT2D eigenvalue weighted by Crippen LogP contribution is 2.25. The van der Waals surface area contributed by atoms with E-state index in [0.717, 1.165) is 39.7 Å². The molecule has 1 aromatic carbocycles. The quantitative estimate of drug-likeness (QED) is 0.550. The van der Waals surface area contributed by atoms with Crippen molar-refractivity contribution in [3.8, 4) is 11.4 Å². The molecule has 0 unspecified atom stereocenters. The topological polar surface area (TPSA) is 57.2 Å². The molecule has 4 rings (SSSR count). The summed E-state index contributed by atoms with van der Waals surface area (Å²) in [6, 6.07) is 7.97. The minimum absolute atomic E-state index is 0.609. The summed E-state index contributed by atoms with van der Waals surface area (Å²) in [5.74, 6) is 1.52. The van der Waals surface area contributed by atoms with E-state index >= 15 is 0 Å². The van der Waals surface area contributed by atoms with E-state index in [-0.39, 0.29) is 0 Å². The van der Waals surface area contributed by atoms with E-state index in [1.165, 1.54) is 0 Å². The molecule has 0 N–H and O–H groups in total. The second-order valence-electron chi connectivity index (χ2n) is 6.24. The number of pyridine rings is 1. The van der Waals surface area contributed by atoms with Crippen LogP contribution in [0.3, 0.4) is 0 Å². The van der Waals surface area contributed by atoms with Gasteiger partial charge in [-0.3, -0.25) is 0 Å². The van der Waals surface area contributed by atoms with Gasteiger partial charge in [0.15, 0.2) is 11.5 Å². The number of benzene rings is 1. The SMILES string of the molecule is COc1cc(Cc2nc3c(C)cc(Cl)cn3n2)ccc1-n1cnc(C)c1. The first-order valence-corrected chi connectivity index (χ1v) is 8.60. The van der Waals surface area contributed by atoms with Gasteiger partial charge in [-0.15, -0.1) is 0 Å². The van der Waals surface area contributed by atoms with E-state index in [1.54, 1.807) is 24.1 Å². The molecule has 132 valence electrons. The minimum Gasteiger partial charge on any atom is -0.495 e. The van der Waals surface area contributed by atoms with Gasteiger partial charge in [0.1, 0.15) is 5.75 Å². The van der Waals surface area contributed by atoms with Crippen molar-refractivity contribution in [3.05, 3.63) is 70.7 Å². The summed E-state index contributed by atoms with van der Waals surface area (Å²) in [7, 11) is 1.67. The monoisotopic (exact) mass is 367 g/mol. The van der Waals surface area contributed by atoms with Gasteiger partial charge in [0.2, 0.25) is 0 Å². The maximum absolute atomic E-state index is 6.10. The van der Waals surface area contributed by atoms with E-state index in [2.05, 4.69) is 21.1 Å². The Morgan fingerprint density at radius 2 is 2.00 bits per heavy atom. The van der Waals surface area contributed by atoms with Gasteiger partial charge in [-0.05, 0) is 43.2 Å². The smallest absolute Gasteiger partial charge is 0.158 e. The zero-order valence-electron chi connectivity index (χ0n) is 14.8. The molecule has 0 atom stereocenters. The first kappa shape index (κ1) is 16.6. The van der Waals surface area contributed by atoms with Crippen molar-refractivity contribution in [2.45, 2.75) is 20.3 Å². The molecular formula is C19H18ClN5O. The molecule has 3 heterocycles. The summed E-state index contributed by atoms with van der Waals surface area (Å²) >= 11 is 6.10. The van der Waals surface area contributed by atoms with Gasteiger partial charge in [0.05, 0.1) is 29.8 Å². The highest BCUT2D eigenvalue weighted by atomic mass is 35.5. The molecule has 0 spiro atoms. The van der Waals surface area contributed by atoms with Crippen LogP contribution in [0.1, 0.15) is 22.6 Å². The second kappa shape index (κ2) is 6.46. The predicted octanol–water partition coefficient (Wildman–Crippen LogP) is 3.78. The highest BCUT2D eigenvalue weighted by molar-refractivity contribution is 6.30. The van der Waals surface area contributed by atoms with Crippen LogP contribution in [0.4, 0.5) is 0 Å². The number of methoxy groups -OCH3 is 1. The van der Waals surface area contributed by atoms with Crippen molar-refractivity contribution in [2.24, 2.45) is 0 Å². The maximum atomic E-state index is 6.10. The van der Waals surface area contributed by atoms with E-state index in [4.69, 9.17) is 16.3 Å². The Balaban J connectivity index is 1.67. The average Bonchev–Trinajstić information content (AvgIpc) is 3.21. The van der Waals surface area contributed by atoms with Crippen LogP contribution in [0.25, 0.3) is 11.3 Å². The van der Waals surface area contributed by atoms with Gasteiger partial charge in [-0.25, -0.2) is 14.5 Å². The van der Waals surface area contributed by atoms with Gasteiger partial charge in [-0.1, -0.05) is 17.7 Å². The van der Waals surface area contributed by atoms with Crippen molar-refractivity contribution >= 4 is 17.2 Å². The molecule has 3 aromatic heterocycles. The zero-order chi connectivity index (χ0) is 18.3. The molecule has 0 radical (unpaired) electrons. The summed E-state index contributed by atoms with van der Waals surface area (Å²) in [5.41, 5.74) is 4.80. The lowest BCUT2D eigenvalue weighted by molar-refractivity contribution is 0.412. The van der Waals surface area contributed by atoms with Gasteiger partial charge in [0.25, 0.3) is 0 Å². The maximum Gasteiger partial charge on any atom is 0.158 e. The Morgan fingerprint density at radius 3 is 2.73 bits per heavy atom. The van der Waals surface area contributed by atoms with Crippen LogP contribution in [0, 0.1) is 13.8 Å². The highest BCUT2D eigenvalue weighted by Gasteiger charge is 2.11. The van der Waals surface area contributed by atoms with E-state index in [9.17, 15) is 0 Å². The normalized spacial score (nSPS) is 11.2. The lowest BCUT2D eigenvalue weighted by Crippen LogP contribution is -1.98. The van der Waals surface area contributed by atoms with Crippen molar-refractivity contribution in [1.29, 1.82) is 0 Å². The Morgan fingerprint density at radius 1 is 1.15 bits per heavy atom. The van der Waals surface area contributed by atoms with Gasteiger partial charge in [-0.2, -0.15) is 5.10 Å². The first-order valence-electron chi connectivity index (χ1n) is 8.23. The number of halogens is 1. The number of imidazole rings is 1. The minimum atomic E-state index is 0.609. The van der Waals surface area contributed by atoms with E-state index in [0.29, 0.717) is 11.4 Å². The van der Waals surface area contributed by atoms with Crippen molar-refractivity contribution in [2.75, 3.05) is 7.11 Å². The van der Waals surface area contributed by atoms with Crippen LogP contribution in [0.2, 0.25) is 5.02 Å². The van der Waals surface area contributed by atoms with Gasteiger partial charge >= 0.3 is 0 Å². The molecule has 0 bridgehead atoms. The van der Waals surface area contributed by atoms with Crippen molar-refractivity contribution in [1.82, 2.24) is 24.1 Å². The van der Waals surface area contributed by atoms with E-state index < -0.39 is 0 Å². The summed E-state index contributed by atoms with van der Waals surface area (Å²) < 4.78 is 9.25. The lowest BCUT2D eigenvalue weighted by Gasteiger charge is -2.10. The summed E-state index contributed by atoms with van der Waals surface area (Å²) in [6.45, 7) is 3.94. The number of aromatic nitrogens is 5. The van der Waals surface area contributed by atoms with Crippen molar-refractivity contribution < 1.29 is 4.74 Å². The predicted molar refractivity (Wildman–Crippen MR) is 100 cm³/mol. The number of aryl methyl sites for hydroxylation is 2. The van der Waals surface area contributed by atoms with Crippen LogP contribution in [0.5, 0.6) is 5.75 Å². The fourth-order valence-corrected chi connectivity index (χ4v) is 3.26. The number of hydrogen-bond donors (Lipinski definition) is 0. The van der Waals surface area contributed by atoms with Crippen LogP contribution in [-0.4, -0.2) is 31.3 Å². The molecule has 0 saturated heterocycles. The third-order valence-corrected chi connectivity index (χ3v) is 4.43. The second-order valence-corrected chi connectivity index (χ2v) is 6.68. The molecule has 0 fully saturated rings. The number of nitrogens with zero attached hydrogens (tertiary/aromatic N) is 5. The molecule has 26 heavy (non-hydrogen) atoms. The molecule has 0 saturated carbocycles. The first-order chi connectivity index (χ1) is 12.5. The van der Waals surface area contributed by atoms with Crippen LogP contribution in [0.15, 0.2) is 43.0 Å². The Kier molecular flexibility index (Phi) is 4.12. The molecule has 0 amide bonds. The Labute approximate surface area is 156 Å². The molecule has 0 aliphatic carbocycles. The number of rotatable bonds is 4. The third-order valence-electron chi connectivity index (χ3n) is 4.22. The molecular weight excluding hydrogens is 350 g/mol. The molecule has 0 aliphatic rings. The van der Waals surface area contributed by atoms with Crippen LogP contribution in [-0.2, 0) is 6.42 Å². The molecule has 7 heteroatoms. The van der Waals surface area contributed by atoms with Crippen molar-refractivity contribution in [3.63, 3.8) is 0 Å². The van der Waals surface area contributed by atoms with E-state index in [1.807, 2.05) is 42.8 Å². The Bertz CT molecular complexity index is 1100. The lowest BCUT2D eigenvalue weighted by atomic mass is 10.1. The average molecular weight is 368 g/mol. The summed E-state index contributed by atoms with van der Waals surface area (Å²) in [6.07, 6.45) is 6.13. The molecule has 0 aliphatic heterocycles. The zero-order valence-corrected chi connectivity index (χ0v) is 15.5. The van der Waals surface area contributed by atoms with Gasteiger partial charge in [0, 0.05) is 18.8 Å². The van der Waals surface area contributed by atoms with Crippen LogP contribution >= 0.6 is 11.6 Å². The van der Waals surface area contributed by atoms with Crippen LogP contribution < -0.4 is 4.74 Å².